The molecular weight excluding hydrogens is 399 g/mol. The highest BCUT2D eigenvalue weighted by molar-refractivity contribution is 6.38. The van der Waals surface area contributed by atoms with Crippen LogP contribution in [0, 0.1) is 0 Å². The average molecular weight is 421 g/mol. The minimum atomic E-state index is -0.838. The Kier molecular flexibility index (Phi) is 6.47. The van der Waals surface area contributed by atoms with Gasteiger partial charge in [-0.15, -0.1) is 0 Å². The zero-order valence-electron chi connectivity index (χ0n) is 15.8. The quantitative estimate of drug-likeness (QED) is 0.648. The van der Waals surface area contributed by atoms with E-state index in [4.69, 9.17) is 27.9 Å². The van der Waals surface area contributed by atoms with E-state index < -0.39 is 6.04 Å². The van der Waals surface area contributed by atoms with Gasteiger partial charge in [-0.25, -0.2) is 0 Å². The molecule has 0 saturated carbocycles. The Labute approximate surface area is 174 Å². The zero-order valence-corrected chi connectivity index (χ0v) is 17.3. The van der Waals surface area contributed by atoms with E-state index in [-0.39, 0.29) is 11.8 Å². The number of carbonyl (C=O) groups is 2. The molecule has 3 rings (SSSR count). The highest BCUT2D eigenvalue weighted by Crippen LogP contribution is 2.45. The van der Waals surface area contributed by atoms with Crippen molar-refractivity contribution in [2.24, 2.45) is 0 Å². The van der Waals surface area contributed by atoms with Crippen molar-refractivity contribution in [1.82, 2.24) is 5.32 Å². The molecule has 0 bridgehead atoms. The van der Waals surface area contributed by atoms with Gasteiger partial charge in [0.05, 0.1) is 23.9 Å². The standard InChI is InChI=1S/C21H22Cl2N2O3/c1-3-4-11-28-15-7-5-14(6-8-15)12-25-20-17(23)10-9-16(22)18(20)19(21(25)27)24-13(2)26/h5-10,19H,3-4,11-12H2,1-2H3,(H,24,26)/t19-/m1/s1. The van der Waals surface area contributed by atoms with Crippen LogP contribution < -0.4 is 15.0 Å². The first-order valence-corrected chi connectivity index (χ1v) is 9.96. The molecule has 2 aromatic rings. The van der Waals surface area contributed by atoms with Crippen LogP contribution >= 0.6 is 23.2 Å². The molecule has 28 heavy (non-hydrogen) atoms. The smallest absolute Gasteiger partial charge is 0.254 e. The number of rotatable bonds is 7. The summed E-state index contributed by atoms with van der Waals surface area (Å²) in [5.41, 5.74) is 2.00. The van der Waals surface area contributed by atoms with Gasteiger partial charge in [-0.2, -0.15) is 0 Å². The second-order valence-corrected chi connectivity index (χ2v) is 7.51. The van der Waals surface area contributed by atoms with Gasteiger partial charge in [0.1, 0.15) is 11.8 Å². The summed E-state index contributed by atoms with van der Waals surface area (Å²) < 4.78 is 5.68. The van der Waals surface area contributed by atoms with Crippen LogP contribution in [0.5, 0.6) is 5.75 Å². The molecule has 5 nitrogen and oxygen atoms in total. The van der Waals surface area contributed by atoms with Crippen LogP contribution in [0.1, 0.15) is 43.9 Å². The number of hydrogen-bond donors (Lipinski definition) is 1. The van der Waals surface area contributed by atoms with Gasteiger partial charge >= 0.3 is 0 Å². The fourth-order valence-electron chi connectivity index (χ4n) is 3.20. The molecule has 0 saturated heterocycles. The van der Waals surface area contributed by atoms with Gasteiger partial charge in [0, 0.05) is 17.5 Å². The predicted octanol–water partition coefficient (Wildman–Crippen LogP) is 4.90. The molecule has 1 aliphatic heterocycles. The van der Waals surface area contributed by atoms with Gasteiger partial charge < -0.3 is 15.0 Å². The molecule has 0 radical (unpaired) electrons. The van der Waals surface area contributed by atoms with Gasteiger partial charge in [-0.3, -0.25) is 9.59 Å². The number of ether oxygens (including phenoxy) is 1. The highest BCUT2D eigenvalue weighted by Gasteiger charge is 2.41. The molecule has 0 spiro atoms. The number of anilines is 1. The van der Waals surface area contributed by atoms with E-state index in [0.29, 0.717) is 34.4 Å². The van der Waals surface area contributed by atoms with Gasteiger partial charge in [-0.1, -0.05) is 48.7 Å². The van der Waals surface area contributed by atoms with Crippen molar-refractivity contribution < 1.29 is 14.3 Å². The molecule has 1 heterocycles. The normalized spacial score (nSPS) is 15.5. The number of nitrogens with one attached hydrogen (secondary N) is 1. The zero-order chi connectivity index (χ0) is 20.3. The Bertz CT molecular complexity index is 884. The Morgan fingerprint density at radius 3 is 2.46 bits per heavy atom. The first kappa shape index (κ1) is 20.5. The van der Waals surface area contributed by atoms with Gasteiger partial charge in [-0.05, 0) is 36.2 Å². The van der Waals surface area contributed by atoms with Crippen LogP contribution in [0.3, 0.4) is 0 Å². The molecule has 2 aromatic carbocycles. The maximum atomic E-state index is 13.0. The lowest BCUT2D eigenvalue weighted by molar-refractivity contribution is -0.126. The van der Waals surface area contributed by atoms with Gasteiger partial charge in [0.2, 0.25) is 5.91 Å². The van der Waals surface area contributed by atoms with Crippen molar-refractivity contribution >= 4 is 40.7 Å². The summed E-state index contributed by atoms with van der Waals surface area (Å²) in [7, 11) is 0. The minimum absolute atomic E-state index is 0.261. The van der Waals surface area contributed by atoms with E-state index >= 15 is 0 Å². The third-order valence-corrected chi connectivity index (χ3v) is 5.20. The maximum absolute atomic E-state index is 13.0. The summed E-state index contributed by atoms with van der Waals surface area (Å²) in [6, 6.07) is 10.1. The average Bonchev–Trinajstić information content (AvgIpc) is 2.93. The minimum Gasteiger partial charge on any atom is -0.494 e. The fourth-order valence-corrected chi connectivity index (χ4v) is 3.73. The van der Waals surface area contributed by atoms with Crippen LogP contribution in [0.15, 0.2) is 36.4 Å². The number of halogens is 2. The number of fused-ring (bicyclic) bond motifs is 1. The second-order valence-electron chi connectivity index (χ2n) is 6.70. The van der Waals surface area contributed by atoms with E-state index in [2.05, 4.69) is 12.2 Å². The topological polar surface area (TPSA) is 58.6 Å². The molecule has 1 atom stereocenters. The van der Waals surface area contributed by atoms with Gasteiger partial charge in [0.15, 0.2) is 0 Å². The van der Waals surface area contributed by atoms with Crippen molar-refractivity contribution in [3.63, 3.8) is 0 Å². The Balaban J connectivity index is 1.85. The molecule has 1 aliphatic rings. The highest BCUT2D eigenvalue weighted by atomic mass is 35.5. The summed E-state index contributed by atoms with van der Waals surface area (Å²) in [5, 5.41) is 3.49. The van der Waals surface area contributed by atoms with Crippen LogP contribution in [-0.4, -0.2) is 18.4 Å². The molecule has 0 unspecified atom stereocenters. The molecule has 2 amide bonds. The number of carbonyl (C=O) groups excluding carboxylic acids is 2. The number of unbranched alkanes of at least 4 members (excludes halogenated alkanes) is 1. The molecule has 0 aliphatic carbocycles. The predicted molar refractivity (Wildman–Crippen MR) is 111 cm³/mol. The molecule has 148 valence electrons. The molecule has 7 heteroatoms. The lowest BCUT2D eigenvalue weighted by Gasteiger charge is -2.19. The Hall–Kier alpha value is -2.24. The third-order valence-electron chi connectivity index (χ3n) is 4.56. The number of benzene rings is 2. The number of hydrogen-bond acceptors (Lipinski definition) is 3. The third kappa shape index (κ3) is 4.26. The van der Waals surface area contributed by atoms with Crippen LogP contribution in [0.4, 0.5) is 5.69 Å². The molecule has 0 aromatic heterocycles. The summed E-state index contributed by atoms with van der Waals surface area (Å²) in [5.74, 6) is 0.224. The lowest BCUT2D eigenvalue weighted by atomic mass is 10.1. The summed E-state index contributed by atoms with van der Waals surface area (Å²) >= 11 is 12.7. The summed E-state index contributed by atoms with van der Waals surface area (Å²) in [4.78, 5) is 26.2. The molecule has 0 fully saturated rings. The van der Waals surface area contributed by atoms with Crippen LogP contribution in [0.2, 0.25) is 10.0 Å². The molecule has 1 N–H and O–H groups in total. The maximum Gasteiger partial charge on any atom is 0.254 e. The van der Waals surface area contributed by atoms with E-state index in [0.717, 1.165) is 24.2 Å². The van der Waals surface area contributed by atoms with Crippen molar-refractivity contribution in [3.05, 3.63) is 57.6 Å². The van der Waals surface area contributed by atoms with Gasteiger partial charge in [0.25, 0.3) is 5.91 Å². The monoisotopic (exact) mass is 420 g/mol. The second kappa shape index (κ2) is 8.84. The van der Waals surface area contributed by atoms with E-state index in [1.54, 1.807) is 17.0 Å². The van der Waals surface area contributed by atoms with Crippen molar-refractivity contribution in [3.8, 4) is 5.75 Å². The Morgan fingerprint density at radius 1 is 1.14 bits per heavy atom. The Morgan fingerprint density at radius 2 is 1.82 bits per heavy atom. The number of nitrogens with zero attached hydrogens (tertiary/aromatic N) is 1. The number of amides is 2. The fraction of sp³-hybridized carbons (Fsp3) is 0.333. The largest absolute Gasteiger partial charge is 0.494 e. The van der Waals surface area contributed by atoms with Crippen LogP contribution in [0.25, 0.3) is 0 Å². The van der Waals surface area contributed by atoms with Crippen molar-refractivity contribution in [1.29, 1.82) is 0 Å². The summed E-state index contributed by atoms with van der Waals surface area (Å²) in [6.07, 6.45) is 2.08. The van der Waals surface area contributed by atoms with Crippen molar-refractivity contribution in [2.45, 2.75) is 39.3 Å². The SMILES string of the molecule is CCCCOc1ccc(CN2C(=O)[C@H](NC(C)=O)c3c(Cl)ccc(Cl)c32)cc1. The van der Waals surface area contributed by atoms with E-state index in [1.807, 2.05) is 24.3 Å². The summed E-state index contributed by atoms with van der Waals surface area (Å²) in [6.45, 7) is 4.48. The van der Waals surface area contributed by atoms with E-state index in [9.17, 15) is 9.59 Å². The van der Waals surface area contributed by atoms with Crippen LogP contribution in [-0.2, 0) is 16.1 Å². The van der Waals surface area contributed by atoms with E-state index in [1.165, 1.54) is 6.92 Å². The molecular formula is C21H22Cl2N2O3. The lowest BCUT2D eigenvalue weighted by Crippen LogP contribution is -2.36. The first-order valence-electron chi connectivity index (χ1n) is 9.20. The van der Waals surface area contributed by atoms with Crippen molar-refractivity contribution in [2.75, 3.05) is 11.5 Å². The first-order chi connectivity index (χ1) is 13.4.